The van der Waals surface area contributed by atoms with Gasteiger partial charge in [-0.3, -0.25) is 0 Å². The average Bonchev–Trinajstić information content (AvgIpc) is 2.72. The van der Waals surface area contributed by atoms with Gasteiger partial charge in [0.05, 0.1) is 24.6 Å². The van der Waals surface area contributed by atoms with E-state index in [9.17, 15) is 0 Å². The maximum absolute atomic E-state index is 8.99. The van der Waals surface area contributed by atoms with E-state index >= 15 is 0 Å². The molecular formula is C11H12N2O3. The van der Waals surface area contributed by atoms with Gasteiger partial charge in [-0.2, -0.15) is 4.98 Å². The third kappa shape index (κ3) is 2.21. The molecule has 5 heteroatoms. The Kier molecular flexibility index (Phi) is 3.19. The summed E-state index contributed by atoms with van der Waals surface area (Å²) in [6.45, 7) is -0.439. The number of ether oxygens (including phenoxy) is 1. The van der Waals surface area contributed by atoms with Crippen LogP contribution in [-0.2, 0) is 13.2 Å². The van der Waals surface area contributed by atoms with Crippen LogP contribution in [-0.4, -0.2) is 20.2 Å². The van der Waals surface area contributed by atoms with Crippen LogP contribution < -0.4 is 4.74 Å². The fourth-order valence-electron chi connectivity index (χ4n) is 1.33. The predicted molar refractivity (Wildman–Crippen MR) is 56.9 cm³/mol. The summed E-state index contributed by atoms with van der Waals surface area (Å²) >= 11 is 0. The lowest BCUT2D eigenvalue weighted by Gasteiger charge is -1.99. The van der Waals surface area contributed by atoms with Crippen molar-refractivity contribution in [3.63, 3.8) is 0 Å². The van der Waals surface area contributed by atoms with Gasteiger partial charge in [-0.15, -0.1) is 0 Å². The topological polar surface area (TPSA) is 78.4 Å². The van der Waals surface area contributed by atoms with Crippen molar-refractivity contribution in [3.8, 4) is 11.8 Å². The van der Waals surface area contributed by atoms with E-state index in [0.717, 1.165) is 0 Å². The number of benzene rings is 1. The fourth-order valence-corrected chi connectivity index (χ4v) is 1.33. The average molecular weight is 220 g/mol. The molecule has 3 N–H and O–H groups in total. The molecule has 84 valence electrons. The van der Waals surface area contributed by atoms with Crippen LogP contribution in [0.3, 0.4) is 0 Å². The van der Waals surface area contributed by atoms with Gasteiger partial charge in [0.25, 0.3) is 6.01 Å². The molecular weight excluding hydrogens is 208 g/mol. The first-order chi connectivity index (χ1) is 7.83. The molecule has 16 heavy (non-hydrogen) atoms. The molecule has 0 aliphatic heterocycles. The van der Waals surface area contributed by atoms with Gasteiger partial charge < -0.3 is 19.9 Å². The van der Waals surface area contributed by atoms with E-state index in [1.54, 1.807) is 12.1 Å². The summed E-state index contributed by atoms with van der Waals surface area (Å²) in [5.74, 6) is 0.644. The first-order valence-corrected chi connectivity index (χ1v) is 4.86. The van der Waals surface area contributed by atoms with Gasteiger partial charge in [-0.05, 0) is 12.1 Å². The molecule has 2 aromatic rings. The maximum Gasteiger partial charge on any atom is 0.299 e. The molecule has 0 fully saturated rings. The standard InChI is InChI=1S/C11H12N2O3/c14-6-9-10(7-15)13-11(12-9)16-8-4-2-1-3-5-8/h1-5,14-15H,6-7H2,(H,12,13). The number of para-hydroxylation sites is 1. The number of aliphatic hydroxyl groups is 2. The minimum Gasteiger partial charge on any atom is -0.426 e. The zero-order valence-corrected chi connectivity index (χ0v) is 8.55. The first-order valence-electron chi connectivity index (χ1n) is 4.86. The number of hydrogen-bond donors (Lipinski definition) is 3. The second-order valence-electron chi connectivity index (χ2n) is 3.20. The van der Waals surface area contributed by atoms with Crippen LogP contribution in [0.15, 0.2) is 30.3 Å². The van der Waals surface area contributed by atoms with Gasteiger partial charge >= 0.3 is 0 Å². The number of rotatable bonds is 4. The van der Waals surface area contributed by atoms with E-state index in [1.807, 2.05) is 18.2 Å². The highest BCUT2D eigenvalue weighted by atomic mass is 16.5. The van der Waals surface area contributed by atoms with Gasteiger partial charge in [-0.25, -0.2) is 0 Å². The van der Waals surface area contributed by atoms with E-state index in [-0.39, 0.29) is 19.2 Å². The van der Waals surface area contributed by atoms with Gasteiger partial charge in [0.15, 0.2) is 0 Å². The molecule has 2 rings (SSSR count). The van der Waals surface area contributed by atoms with E-state index in [2.05, 4.69) is 9.97 Å². The highest BCUT2D eigenvalue weighted by Gasteiger charge is 2.09. The summed E-state index contributed by atoms with van der Waals surface area (Å²) in [7, 11) is 0. The summed E-state index contributed by atoms with van der Waals surface area (Å²) < 4.78 is 5.41. The van der Waals surface area contributed by atoms with Crippen LogP contribution in [0.5, 0.6) is 11.8 Å². The molecule has 0 aliphatic carbocycles. The first kappa shape index (κ1) is 10.7. The molecule has 0 radical (unpaired) electrons. The summed E-state index contributed by atoms with van der Waals surface area (Å²) in [5.41, 5.74) is 0.863. The highest BCUT2D eigenvalue weighted by molar-refractivity contribution is 5.26. The summed E-state index contributed by atoms with van der Waals surface area (Å²) in [4.78, 5) is 6.79. The zero-order valence-electron chi connectivity index (χ0n) is 8.55. The van der Waals surface area contributed by atoms with E-state index < -0.39 is 0 Å². The van der Waals surface area contributed by atoms with Crippen LogP contribution in [0.1, 0.15) is 11.4 Å². The number of aromatic amines is 1. The number of aliphatic hydroxyl groups excluding tert-OH is 2. The lowest BCUT2D eigenvalue weighted by molar-refractivity contribution is 0.255. The summed E-state index contributed by atoms with van der Waals surface area (Å²) in [6, 6.07) is 9.42. The summed E-state index contributed by atoms with van der Waals surface area (Å²) in [6.07, 6.45) is 0. The van der Waals surface area contributed by atoms with Crippen LogP contribution in [0.25, 0.3) is 0 Å². The molecule has 0 spiro atoms. The third-order valence-electron chi connectivity index (χ3n) is 2.11. The number of hydrogen-bond acceptors (Lipinski definition) is 4. The zero-order chi connectivity index (χ0) is 11.4. The van der Waals surface area contributed by atoms with Crippen molar-refractivity contribution < 1.29 is 14.9 Å². The Balaban J connectivity index is 2.19. The number of H-pyrrole nitrogens is 1. The molecule has 1 aromatic carbocycles. The van der Waals surface area contributed by atoms with E-state index in [1.165, 1.54) is 0 Å². The monoisotopic (exact) mass is 220 g/mol. The Morgan fingerprint density at radius 2 is 1.88 bits per heavy atom. The molecule has 0 amide bonds. The predicted octanol–water partition coefficient (Wildman–Crippen LogP) is 1.19. The van der Waals surface area contributed by atoms with Gasteiger partial charge in [0.2, 0.25) is 0 Å². The van der Waals surface area contributed by atoms with Gasteiger partial charge in [-0.1, -0.05) is 18.2 Å². The molecule has 0 atom stereocenters. The lowest BCUT2D eigenvalue weighted by atomic mass is 10.3. The van der Waals surface area contributed by atoms with E-state index in [0.29, 0.717) is 17.1 Å². The molecule has 0 unspecified atom stereocenters. The second kappa shape index (κ2) is 4.78. The molecule has 1 heterocycles. The smallest absolute Gasteiger partial charge is 0.299 e. The van der Waals surface area contributed by atoms with Crippen LogP contribution >= 0.6 is 0 Å². The number of aromatic nitrogens is 2. The second-order valence-corrected chi connectivity index (χ2v) is 3.20. The van der Waals surface area contributed by atoms with Crippen LogP contribution in [0.2, 0.25) is 0 Å². The van der Waals surface area contributed by atoms with E-state index in [4.69, 9.17) is 14.9 Å². The largest absolute Gasteiger partial charge is 0.426 e. The minimum absolute atomic E-state index is 0.207. The van der Waals surface area contributed by atoms with Crippen molar-refractivity contribution >= 4 is 0 Å². The molecule has 0 bridgehead atoms. The van der Waals surface area contributed by atoms with Crippen molar-refractivity contribution in [2.75, 3.05) is 0 Å². The molecule has 0 aliphatic rings. The van der Waals surface area contributed by atoms with Crippen LogP contribution in [0, 0.1) is 0 Å². The summed E-state index contributed by atoms with van der Waals surface area (Å²) in [5, 5.41) is 18.0. The quantitative estimate of drug-likeness (QED) is 0.723. The Morgan fingerprint density at radius 1 is 1.12 bits per heavy atom. The number of nitrogens with zero attached hydrogens (tertiary/aromatic N) is 1. The van der Waals surface area contributed by atoms with Crippen molar-refractivity contribution in [2.24, 2.45) is 0 Å². The Labute approximate surface area is 92.3 Å². The number of imidazole rings is 1. The Morgan fingerprint density at radius 3 is 2.44 bits per heavy atom. The highest BCUT2D eigenvalue weighted by Crippen LogP contribution is 2.19. The van der Waals surface area contributed by atoms with Gasteiger partial charge in [0, 0.05) is 0 Å². The van der Waals surface area contributed by atoms with Crippen molar-refractivity contribution in [1.29, 1.82) is 0 Å². The molecule has 5 nitrogen and oxygen atoms in total. The normalized spacial score (nSPS) is 10.4. The van der Waals surface area contributed by atoms with Gasteiger partial charge in [0.1, 0.15) is 5.75 Å². The molecule has 0 saturated heterocycles. The SMILES string of the molecule is OCc1nc(Oc2ccccc2)[nH]c1CO. The lowest BCUT2D eigenvalue weighted by Crippen LogP contribution is -1.91. The fraction of sp³-hybridized carbons (Fsp3) is 0.182. The van der Waals surface area contributed by atoms with Crippen molar-refractivity contribution in [3.05, 3.63) is 41.7 Å². The van der Waals surface area contributed by atoms with Crippen LogP contribution in [0.4, 0.5) is 0 Å². The minimum atomic E-state index is -0.232. The van der Waals surface area contributed by atoms with Crippen molar-refractivity contribution in [1.82, 2.24) is 9.97 Å². The third-order valence-corrected chi connectivity index (χ3v) is 2.11. The Hall–Kier alpha value is -1.85. The molecule has 0 saturated carbocycles. The maximum atomic E-state index is 8.99. The Bertz CT molecular complexity index is 432. The number of nitrogens with one attached hydrogen (secondary N) is 1. The molecule has 1 aromatic heterocycles. The van der Waals surface area contributed by atoms with Crippen molar-refractivity contribution in [2.45, 2.75) is 13.2 Å².